The first-order valence-corrected chi connectivity index (χ1v) is 5.16. The van der Waals surface area contributed by atoms with Crippen LogP contribution in [0.2, 0.25) is 0 Å². The topological polar surface area (TPSA) is 51.0 Å². The number of likely N-dealkylation sites (N-methyl/N-ethyl adjacent to an activating group) is 1. The van der Waals surface area contributed by atoms with Crippen molar-refractivity contribution in [3.05, 3.63) is 12.2 Å². The van der Waals surface area contributed by atoms with Crippen molar-refractivity contribution >= 4 is 5.78 Å². The van der Waals surface area contributed by atoms with Crippen molar-refractivity contribution in [2.24, 2.45) is 0 Å². The van der Waals surface area contributed by atoms with Crippen molar-refractivity contribution in [2.45, 2.75) is 26.3 Å². The van der Waals surface area contributed by atoms with Crippen LogP contribution in [0.15, 0.2) is 6.33 Å². The number of Topliss-reactive ketones (excluding diaryl/α,β-unsaturated/α-hetero) is 1. The number of aromatic nitrogens is 3. The summed E-state index contributed by atoms with van der Waals surface area (Å²) in [5.74, 6) is 0.939. The van der Waals surface area contributed by atoms with Crippen LogP contribution in [0.3, 0.4) is 0 Å². The molecule has 0 aliphatic rings. The molecule has 1 aromatic rings. The first-order valence-electron chi connectivity index (χ1n) is 5.16. The summed E-state index contributed by atoms with van der Waals surface area (Å²) in [6, 6.07) is 0. The fourth-order valence-corrected chi connectivity index (χ4v) is 1.41. The van der Waals surface area contributed by atoms with E-state index in [1.807, 2.05) is 19.0 Å². The zero-order valence-corrected chi connectivity index (χ0v) is 9.60. The Balaban J connectivity index is 2.55. The average molecular weight is 210 g/mol. The SMILES string of the molecule is CCCn1ncnc1CC(=O)CN(C)C. The van der Waals surface area contributed by atoms with Crippen molar-refractivity contribution in [3.63, 3.8) is 0 Å². The fourth-order valence-electron chi connectivity index (χ4n) is 1.41. The fraction of sp³-hybridized carbons (Fsp3) is 0.700. The molecule has 0 radical (unpaired) electrons. The van der Waals surface area contributed by atoms with Gasteiger partial charge < -0.3 is 4.90 Å². The number of nitrogens with zero attached hydrogens (tertiary/aromatic N) is 4. The summed E-state index contributed by atoms with van der Waals surface area (Å²) in [7, 11) is 3.77. The summed E-state index contributed by atoms with van der Waals surface area (Å²) < 4.78 is 1.80. The van der Waals surface area contributed by atoms with Gasteiger partial charge in [0, 0.05) is 6.54 Å². The molecule has 0 aliphatic heterocycles. The summed E-state index contributed by atoms with van der Waals surface area (Å²) in [5, 5.41) is 4.08. The van der Waals surface area contributed by atoms with Crippen molar-refractivity contribution < 1.29 is 4.79 Å². The van der Waals surface area contributed by atoms with Gasteiger partial charge >= 0.3 is 0 Å². The summed E-state index contributed by atoms with van der Waals surface area (Å²) in [5.41, 5.74) is 0. The van der Waals surface area contributed by atoms with Gasteiger partial charge in [0.25, 0.3) is 0 Å². The lowest BCUT2D eigenvalue weighted by molar-refractivity contribution is -0.119. The summed E-state index contributed by atoms with van der Waals surface area (Å²) in [6.45, 7) is 3.36. The van der Waals surface area contributed by atoms with Crippen LogP contribution in [-0.4, -0.2) is 46.1 Å². The monoisotopic (exact) mass is 210 g/mol. The molecule has 0 atom stereocenters. The molecule has 1 heterocycles. The number of aryl methyl sites for hydroxylation is 1. The third-order valence-corrected chi connectivity index (χ3v) is 1.98. The highest BCUT2D eigenvalue weighted by atomic mass is 16.1. The predicted octanol–water partition coefficient (Wildman–Crippen LogP) is 0.361. The van der Waals surface area contributed by atoms with Crippen LogP contribution in [0.5, 0.6) is 0 Å². The van der Waals surface area contributed by atoms with Crippen LogP contribution in [0, 0.1) is 0 Å². The van der Waals surface area contributed by atoms with Gasteiger partial charge in [0.2, 0.25) is 0 Å². The highest BCUT2D eigenvalue weighted by Gasteiger charge is 2.10. The Labute approximate surface area is 90.1 Å². The van der Waals surface area contributed by atoms with E-state index in [9.17, 15) is 4.79 Å². The van der Waals surface area contributed by atoms with E-state index in [4.69, 9.17) is 0 Å². The van der Waals surface area contributed by atoms with Gasteiger partial charge in [-0.2, -0.15) is 5.10 Å². The quantitative estimate of drug-likeness (QED) is 0.680. The molecule has 0 fully saturated rings. The van der Waals surface area contributed by atoms with Crippen molar-refractivity contribution in [1.29, 1.82) is 0 Å². The minimum absolute atomic E-state index is 0.172. The minimum atomic E-state index is 0.172. The van der Waals surface area contributed by atoms with E-state index < -0.39 is 0 Å². The first-order chi connectivity index (χ1) is 7.13. The number of rotatable bonds is 6. The molecule has 15 heavy (non-hydrogen) atoms. The molecule has 0 unspecified atom stereocenters. The molecule has 0 amide bonds. The van der Waals surface area contributed by atoms with Crippen molar-refractivity contribution in [1.82, 2.24) is 19.7 Å². The van der Waals surface area contributed by atoms with Crippen LogP contribution in [-0.2, 0) is 17.8 Å². The standard InChI is InChI=1S/C10H18N4O/c1-4-5-14-10(11-8-12-14)6-9(15)7-13(2)3/h8H,4-7H2,1-3H3. The Hall–Kier alpha value is -1.23. The summed E-state index contributed by atoms with van der Waals surface area (Å²) in [6.07, 6.45) is 2.88. The van der Waals surface area contributed by atoms with E-state index in [-0.39, 0.29) is 5.78 Å². The second-order valence-electron chi connectivity index (χ2n) is 3.85. The molecule has 1 rings (SSSR count). The molecule has 1 aromatic heterocycles. The van der Waals surface area contributed by atoms with E-state index in [1.165, 1.54) is 6.33 Å². The highest BCUT2D eigenvalue weighted by molar-refractivity contribution is 5.82. The van der Waals surface area contributed by atoms with Gasteiger partial charge in [0.05, 0.1) is 13.0 Å². The summed E-state index contributed by atoms with van der Waals surface area (Å²) >= 11 is 0. The van der Waals surface area contributed by atoms with Crippen LogP contribution in [0.1, 0.15) is 19.2 Å². The van der Waals surface area contributed by atoms with Gasteiger partial charge in [0.15, 0.2) is 5.78 Å². The Kier molecular flexibility index (Phi) is 4.42. The predicted molar refractivity (Wildman–Crippen MR) is 57.6 cm³/mol. The molecule has 0 spiro atoms. The minimum Gasteiger partial charge on any atom is -0.302 e. The van der Waals surface area contributed by atoms with Gasteiger partial charge in [-0.15, -0.1) is 0 Å². The van der Waals surface area contributed by atoms with E-state index in [0.717, 1.165) is 18.8 Å². The second-order valence-corrected chi connectivity index (χ2v) is 3.85. The maximum Gasteiger partial charge on any atom is 0.154 e. The third-order valence-electron chi connectivity index (χ3n) is 1.98. The van der Waals surface area contributed by atoms with E-state index in [1.54, 1.807) is 4.68 Å². The lowest BCUT2D eigenvalue weighted by atomic mass is 10.2. The van der Waals surface area contributed by atoms with Crippen molar-refractivity contribution in [3.8, 4) is 0 Å². The molecular weight excluding hydrogens is 192 g/mol. The Morgan fingerprint density at radius 3 is 2.87 bits per heavy atom. The number of hydrogen-bond acceptors (Lipinski definition) is 4. The zero-order valence-electron chi connectivity index (χ0n) is 9.60. The average Bonchev–Trinajstić information content (AvgIpc) is 2.52. The Bertz CT molecular complexity index is 319. The molecule has 0 bridgehead atoms. The van der Waals surface area contributed by atoms with E-state index in [2.05, 4.69) is 17.0 Å². The number of hydrogen-bond donors (Lipinski definition) is 0. The first kappa shape index (κ1) is 11.8. The zero-order chi connectivity index (χ0) is 11.3. The Morgan fingerprint density at radius 2 is 2.27 bits per heavy atom. The molecule has 0 saturated carbocycles. The number of carbonyl (C=O) groups excluding carboxylic acids is 1. The lowest BCUT2D eigenvalue weighted by Crippen LogP contribution is -2.24. The smallest absolute Gasteiger partial charge is 0.154 e. The van der Waals surface area contributed by atoms with Crippen LogP contribution in [0.4, 0.5) is 0 Å². The highest BCUT2D eigenvalue weighted by Crippen LogP contribution is 1.98. The van der Waals surface area contributed by atoms with Crippen LogP contribution < -0.4 is 0 Å². The normalized spacial score (nSPS) is 10.9. The van der Waals surface area contributed by atoms with Gasteiger partial charge in [0.1, 0.15) is 12.2 Å². The van der Waals surface area contributed by atoms with Gasteiger partial charge in [-0.25, -0.2) is 9.67 Å². The van der Waals surface area contributed by atoms with E-state index >= 15 is 0 Å². The second kappa shape index (κ2) is 5.60. The molecule has 0 aromatic carbocycles. The van der Waals surface area contributed by atoms with Crippen LogP contribution in [0.25, 0.3) is 0 Å². The van der Waals surface area contributed by atoms with Crippen molar-refractivity contribution in [2.75, 3.05) is 20.6 Å². The third kappa shape index (κ3) is 3.79. The maximum atomic E-state index is 11.6. The van der Waals surface area contributed by atoms with E-state index in [0.29, 0.717) is 13.0 Å². The number of ketones is 1. The molecule has 5 nitrogen and oxygen atoms in total. The summed E-state index contributed by atoms with van der Waals surface area (Å²) in [4.78, 5) is 17.5. The molecule has 84 valence electrons. The molecule has 0 saturated heterocycles. The molecule has 0 aliphatic carbocycles. The van der Waals surface area contributed by atoms with Crippen LogP contribution >= 0.6 is 0 Å². The molecular formula is C10H18N4O. The Morgan fingerprint density at radius 1 is 1.53 bits per heavy atom. The molecule has 0 N–H and O–H groups in total. The van der Waals surface area contributed by atoms with Gasteiger partial charge in [-0.05, 0) is 20.5 Å². The van der Waals surface area contributed by atoms with Gasteiger partial charge in [-0.3, -0.25) is 4.79 Å². The largest absolute Gasteiger partial charge is 0.302 e. The number of carbonyl (C=O) groups is 1. The van der Waals surface area contributed by atoms with Gasteiger partial charge in [-0.1, -0.05) is 6.92 Å². The molecule has 5 heteroatoms. The lowest BCUT2D eigenvalue weighted by Gasteiger charge is -2.08. The maximum absolute atomic E-state index is 11.6.